The highest BCUT2D eigenvalue weighted by molar-refractivity contribution is 6.33. The molecule has 1 aliphatic rings. The van der Waals surface area contributed by atoms with E-state index in [1.165, 1.54) is 12.1 Å². The van der Waals surface area contributed by atoms with Crippen molar-refractivity contribution in [3.05, 3.63) is 38.4 Å². The van der Waals surface area contributed by atoms with Gasteiger partial charge < -0.3 is 5.32 Å². The Morgan fingerprint density at radius 1 is 1.50 bits per heavy atom. The van der Waals surface area contributed by atoms with Gasteiger partial charge in [-0.3, -0.25) is 14.9 Å². The molecule has 0 spiro atoms. The number of nitro benzene ring substituents is 1. The second-order valence-electron chi connectivity index (χ2n) is 2.90. The van der Waals surface area contributed by atoms with Gasteiger partial charge in [0.25, 0.3) is 11.6 Å². The molecule has 6 heteroatoms. The first-order valence-electron chi connectivity index (χ1n) is 3.84. The lowest BCUT2D eigenvalue weighted by Crippen LogP contribution is -2.12. The Morgan fingerprint density at radius 3 is 2.86 bits per heavy atom. The van der Waals surface area contributed by atoms with Gasteiger partial charge in [0.2, 0.25) is 0 Å². The minimum atomic E-state index is -0.603. The first-order chi connectivity index (χ1) is 6.59. The Bertz CT molecular complexity index is 444. The van der Waals surface area contributed by atoms with Gasteiger partial charge in [0, 0.05) is 12.6 Å². The number of nitrogens with one attached hydrogen (secondary N) is 1. The molecule has 0 fully saturated rings. The monoisotopic (exact) mass is 212 g/mol. The average Bonchev–Trinajstić information content (AvgIpc) is 2.46. The van der Waals surface area contributed by atoms with E-state index < -0.39 is 4.92 Å². The normalized spacial score (nSPS) is 13.6. The van der Waals surface area contributed by atoms with Crippen molar-refractivity contribution >= 4 is 23.2 Å². The van der Waals surface area contributed by atoms with Crippen molar-refractivity contribution in [3.63, 3.8) is 0 Å². The zero-order chi connectivity index (χ0) is 10.3. The molecule has 0 atom stereocenters. The van der Waals surface area contributed by atoms with Gasteiger partial charge >= 0.3 is 0 Å². The fourth-order valence-corrected chi connectivity index (χ4v) is 1.63. The minimum absolute atomic E-state index is 0.0604. The summed E-state index contributed by atoms with van der Waals surface area (Å²) in [5, 5.41) is 13.1. The Kier molecular flexibility index (Phi) is 1.89. The summed E-state index contributed by atoms with van der Waals surface area (Å²) < 4.78 is 0. The third-order valence-electron chi connectivity index (χ3n) is 2.05. The summed E-state index contributed by atoms with van der Waals surface area (Å²) in [6.45, 7) is 0.381. The second kappa shape index (κ2) is 2.95. The van der Waals surface area contributed by atoms with Gasteiger partial charge in [-0.25, -0.2) is 0 Å². The van der Waals surface area contributed by atoms with Crippen molar-refractivity contribution in [2.45, 2.75) is 6.54 Å². The van der Waals surface area contributed by atoms with Crippen molar-refractivity contribution in [1.29, 1.82) is 0 Å². The highest BCUT2D eigenvalue weighted by Gasteiger charge is 2.24. The van der Waals surface area contributed by atoms with Crippen molar-refractivity contribution in [1.82, 2.24) is 5.32 Å². The number of hydrogen-bond acceptors (Lipinski definition) is 3. The minimum Gasteiger partial charge on any atom is -0.348 e. The summed E-state index contributed by atoms with van der Waals surface area (Å²) in [4.78, 5) is 21.1. The summed E-state index contributed by atoms with van der Waals surface area (Å²) in [6, 6.07) is 2.66. The van der Waals surface area contributed by atoms with Crippen LogP contribution in [0.15, 0.2) is 12.1 Å². The molecule has 1 N–H and O–H groups in total. The molecule has 14 heavy (non-hydrogen) atoms. The maximum atomic E-state index is 11.2. The molecule has 0 saturated carbocycles. The number of nitrogens with zero attached hydrogens (tertiary/aromatic N) is 1. The molecule has 72 valence electrons. The lowest BCUT2D eigenvalue weighted by atomic mass is 10.1. The van der Waals surface area contributed by atoms with Crippen LogP contribution in [-0.4, -0.2) is 10.8 Å². The molecule has 5 nitrogen and oxygen atoms in total. The zero-order valence-corrected chi connectivity index (χ0v) is 7.67. The number of benzene rings is 1. The third-order valence-corrected chi connectivity index (χ3v) is 2.36. The molecular weight excluding hydrogens is 208 g/mol. The Morgan fingerprint density at radius 2 is 2.21 bits per heavy atom. The zero-order valence-electron chi connectivity index (χ0n) is 6.91. The van der Waals surface area contributed by atoms with Gasteiger partial charge in [-0.1, -0.05) is 11.6 Å². The van der Waals surface area contributed by atoms with E-state index in [1.54, 1.807) is 0 Å². The predicted molar refractivity (Wildman–Crippen MR) is 49.3 cm³/mol. The van der Waals surface area contributed by atoms with Crippen LogP contribution >= 0.6 is 11.6 Å². The van der Waals surface area contributed by atoms with Gasteiger partial charge in [-0.15, -0.1) is 0 Å². The maximum absolute atomic E-state index is 11.2. The SMILES string of the molecule is O=C1NCc2cc(Cl)c([N+](=O)[O-])cc21. The average molecular weight is 213 g/mol. The van der Waals surface area contributed by atoms with E-state index in [2.05, 4.69) is 5.32 Å². The first kappa shape index (κ1) is 8.96. The number of carbonyl (C=O) groups excluding carboxylic acids is 1. The third kappa shape index (κ3) is 1.22. The topological polar surface area (TPSA) is 72.2 Å². The summed E-state index contributed by atoms with van der Waals surface area (Å²) >= 11 is 5.67. The Balaban J connectivity index is 2.62. The largest absolute Gasteiger partial charge is 0.348 e. The van der Waals surface area contributed by atoms with E-state index in [-0.39, 0.29) is 16.6 Å². The summed E-state index contributed by atoms with van der Waals surface area (Å²) in [5.74, 6) is -0.292. The maximum Gasteiger partial charge on any atom is 0.288 e. The highest BCUT2D eigenvalue weighted by Crippen LogP contribution is 2.29. The van der Waals surface area contributed by atoms with Crippen LogP contribution < -0.4 is 5.32 Å². The van der Waals surface area contributed by atoms with Gasteiger partial charge in [0.15, 0.2) is 0 Å². The molecule has 0 aliphatic carbocycles. The molecule has 2 rings (SSSR count). The Labute approximate surface area is 83.8 Å². The quantitative estimate of drug-likeness (QED) is 0.566. The highest BCUT2D eigenvalue weighted by atomic mass is 35.5. The summed E-state index contributed by atoms with van der Waals surface area (Å²) in [6.07, 6.45) is 0. The van der Waals surface area contributed by atoms with Gasteiger partial charge in [0.05, 0.1) is 10.5 Å². The summed E-state index contributed by atoms with van der Waals surface area (Å²) in [5.41, 5.74) is 0.800. The van der Waals surface area contributed by atoms with Crippen molar-refractivity contribution in [3.8, 4) is 0 Å². The predicted octanol–water partition coefficient (Wildman–Crippen LogP) is 1.49. The van der Waals surface area contributed by atoms with Crippen molar-refractivity contribution in [2.24, 2.45) is 0 Å². The summed E-state index contributed by atoms with van der Waals surface area (Å²) in [7, 11) is 0. The van der Waals surface area contributed by atoms with Crippen molar-refractivity contribution < 1.29 is 9.72 Å². The standard InChI is InChI=1S/C8H5ClN2O3/c9-6-1-4-3-10-8(12)5(4)2-7(6)11(13)14/h1-2H,3H2,(H,10,12). The molecule has 0 bridgehead atoms. The molecule has 0 aromatic heterocycles. The Hall–Kier alpha value is -1.62. The van der Waals surface area contributed by atoms with E-state index in [0.29, 0.717) is 17.7 Å². The van der Waals surface area contributed by atoms with Crippen LogP contribution in [0.5, 0.6) is 0 Å². The van der Waals surface area contributed by atoms with Crippen LogP contribution in [0.3, 0.4) is 0 Å². The van der Waals surface area contributed by atoms with Crippen LogP contribution in [0.2, 0.25) is 5.02 Å². The fourth-order valence-electron chi connectivity index (χ4n) is 1.37. The number of halogens is 1. The van der Waals surface area contributed by atoms with E-state index in [0.717, 1.165) is 0 Å². The van der Waals surface area contributed by atoms with Crippen LogP contribution in [0.1, 0.15) is 15.9 Å². The van der Waals surface area contributed by atoms with Crippen LogP contribution in [0.25, 0.3) is 0 Å². The number of fused-ring (bicyclic) bond motifs is 1. The number of hydrogen-bond donors (Lipinski definition) is 1. The van der Waals surface area contributed by atoms with Crippen LogP contribution in [0, 0.1) is 10.1 Å². The number of nitro groups is 1. The first-order valence-corrected chi connectivity index (χ1v) is 4.22. The van der Waals surface area contributed by atoms with Crippen LogP contribution in [-0.2, 0) is 6.54 Å². The van der Waals surface area contributed by atoms with Crippen LogP contribution in [0.4, 0.5) is 5.69 Å². The van der Waals surface area contributed by atoms with E-state index >= 15 is 0 Å². The number of carbonyl (C=O) groups is 1. The fraction of sp³-hybridized carbons (Fsp3) is 0.125. The van der Waals surface area contributed by atoms with Gasteiger partial charge in [-0.2, -0.15) is 0 Å². The molecule has 0 radical (unpaired) electrons. The smallest absolute Gasteiger partial charge is 0.288 e. The second-order valence-corrected chi connectivity index (χ2v) is 3.31. The molecular formula is C8H5ClN2O3. The van der Waals surface area contributed by atoms with E-state index in [1.807, 2.05) is 0 Å². The molecule has 1 aromatic carbocycles. The van der Waals surface area contributed by atoms with Crippen molar-refractivity contribution in [2.75, 3.05) is 0 Å². The van der Waals surface area contributed by atoms with E-state index in [9.17, 15) is 14.9 Å². The van der Waals surface area contributed by atoms with Gasteiger partial charge in [0.1, 0.15) is 5.02 Å². The molecule has 1 aromatic rings. The molecule has 0 saturated heterocycles. The molecule has 1 heterocycles. The van der Waals surface area contributed by atoms with E-state index in [4.69, 9.17) is 11.6 Å². The molecule has 1 aliphatic heterocycles. The number of rotatable bonds is 1. The lowest BCUT2D eigenvalue weighted by molar-refractivity contribution is -0.384. The van der Waals surface area contributed by atoms with Gasteiger partial charge in [-0.05, 0) is 11.6 Å². The lowest BCUT2D eigenvalue weighted by Gasteiger charge is -1.98. The molecule has 0 unspecified atom stereocenters. The molecule has 1 amide bonds. The number of amides is 1.